The molecule has 10 heavy (non-hydrogen) atoms. The Balaban J connectivity index is 3.57. The lowest BCUT2D eigenvalue weighted by Gasteiger charge is -2.11. The molecule has 0 spiro atoms. The Morgan fingerprint density at radius 1 is 1.30 bits per heavy atom. The molecule has 0 saturated carbocycles. The van der Waals surface area contributed by atoms with Gasteiger partial charge in [0.05, 0.1) is 0 Å². The molecule has 2 heteroatoms. The summed E-state index contributed by atoms with van der Waals surface area (Å²) in [4.78, 5) is 0. The minimum Gasteiger partial charge on any atom is -0.269 e. The van der Waals surface area contributed by atoms with Crippen LogP contribution >= 0.6 is 8.35 Å². The van der Waals surface area contributed by atoms with E-state index < -0.39 is 0 Å². The first kappa shape index (κ1) is 10.1. The van der Waals surface area contributed by atoms with Crippen molar-refractivity contribution in [3.63, 3.8) is 0 Å². The highest BCUT2D eigenvalue weighted by Gasteiger charge is 2.03. The molecule has 0 atom stereocenters. The van der Waals surface area contributed by atoms with E-state index >= 15 is 0 Å². The minimum absolute atomic E-state index is 0.337. The summed E-state index contributed by atoms with van der Waals surface area (Å²) in [5.41, 5.74) is 0.337. The van der Waals surface area contributed by atoms with E-state index in [1.54, 1.807) is 0 Å². The summed E-state index contributed by atoms with van der Waals surface area (Å²) < 4.78 is 0. The second-order valence-corrected chi connectivity index (χ2v) is 4.68. The lowest BCUT2D eigenvalue weighted by molar-refractivity contribution is 0.614. The molecule has 0 saturated heterocycles. The normalized spacial score (nSPS) is 13.4. The van der Waals surface area contributed by atoms with Gasteiger partial charge in [-0.25, -0.2) is 0 Å². The maximum atomic E-state index is 3.32. The quantitative estimate of drug-likeness (QED) is 0.611. The van der Waals surface area contributed by atoms with Gasteiger partial charge in [-0.05, 0) is 33.4 Å². The van der Waals surface area contributed by atoms with Crippen molar-refractivity contribution < 1.29 is 0 Å². The van der Waals surface area contributed by atoms with E-state index in [-0.39, 0.29) is 0 Å². The monoisotopic (exact) mass is 159 g/mol. The molecule has 0 bridgehead atoms. The molecule has 0 aliphatic rings. The molecule has 0 unspecified atom stereocenters. The fraction of sp³-hybridized carbons (Fsp3) is 0.875. The van der Waals surface area contributed by atoms with Gasteiger partial charge >= 0.3 is 0 Å². The first-order valence-electron chi connectivity index (χ1n) is 3.71. The number of hydrogen-bond acceptors (Lipinski definition) is 1. The van der Waals surface area contributed by atoms with E-state index in [0.717, 1.165) is 0 Å². The van der Waals surface area contributed by atoms with Gasteiger partial charge in [-0.2, -0.15) is 0 Å². The molecule has 0 rings (SSSR count). The Morgan fingerprint density at radius 3 is 2.10 bits per heavy atom. The molecular weight excluding hydrogens is 141 g/mol. The van der Waals surface area contributed by atoms with Gasteiger partial charge in [0.2, 0.25) is 0 Å². The van der Waals surface area contributed by atoms with Gasteiger partial charge in [-0.3, -0.25) is 5.09 Å². The van der Waals surface area contributed by atoms with Gasteiger partial charge in [0.1, 0.15) is 0 Å². The Hall–Kier alpha value is 0.130. The third-order valence-corrected chi connectivity index (χ3v) is 2.35. The SMILES string of the molecule is CC(C)NP=CC(C)(C)C. The molecular formula is C8H18NP. The summed E-state index contributed by atoms with van der Waals surface area (Å²) in [6, 6.07) is 0.584. The highest BCUT2D eigenvalue weighted by atomic mass is 31.1. The predicted molar refractivity (Wildman–Crippen MR) is 50.7 cm³/mol. The van der Waals surface area contributed by atoms with Crippen LogP contribution in [0.25, 0.3) is 0 Å². The van der Waals surface area contributed by atoms with Crippen molar-refractivity contribution in [1.29, 1.82) is 0 Å². The molecule has 60 valence electrons. The Kier molecular flexibility index (Phi) is 4.15. The second-order valence-electron chi connectivity index (χ2n) is 3.91. The molecule has 0 aromatic rings. The fourth-order valence-corrected chi connectivity index (χ4v) is 1.14. The predicted octanol–water partition coefficient (Wildman–Crippen LogP) is 2.69. The Morgan fingerprint density at radius 2 is 1.80 bits per heavy atom. The summed E-state index contributed by atoms with van der Waals surface area (Å²) >= 11 is 0. The minimum atomic E-state index is 0.337. The van der Waals surface area contributed by atoms with Crippen molar-refractivity contribution in [2.75, 3.05) is 0 Å². The van der Waals surface area contributed by atoms with E-state index in [2.05, 4.69) is 45.5 Å². The van der Waals surface area contributed by atoms with Crippen molar-refractivity contribution in [1.82, 2.24) is 5.09 Å². The maximum Gasteiger partial charge on any atom is 0.00920 e. The van der Waals surface area contributed by atoms with E-state index in [1.165, 1.54) is 8.35 Å². The molecule has 0 amide bonds. The summed E-state index contributed by atoms with van der Waals surface area (Å²) in [5, 5.41) is 3.32. The van der Waals surface area contributed by atoms with Gasteiger partial charge in [0.15, 0.2) is 0 Å². The summed E-state index contributed by atoms with van der Waals surface area (Å²) in [7, 11) is 1.24. The van der Waals surface area contributed by atoms with Gasteiger partial charge in [0.25, 0.3) is 0 Å². The van der Waals surface area contributed by atoms with Gasteiger partial charge in [-0.1, -0.05) is 20.8 Å². The summed E-state index contributed by atoms with van der Waals surface area (Å²) in [6.45, 7) is 10.9. The summed E-state index contributed by atoms with van der Waals surface area (Å²) in [5.74, 6) is 2.27. The first-order valence-corrected chi connectivity index (χ1v) is 4.68. The van der Waals surface area contributed by atoms with Crippen molar-refractivity contribution in [3.05, 3.63) is 0 Å². The standard InChI is InChI=1S/C8H18NP/c1-7(2)9-10-6-8(3,4)5/h6-7,9H,1-5H3. The molecule has 0 aliphatic heterocycles. The Labute approximate surface area is 66.1 Å². The summed E-state index contributed by atoms with van der Waals surface area (Å²) in [6.07, 6.45) is 0. The zero-order valence-corrected chi connectivity index (χ0v) is 8.50. The van der Waals surface area contributed by atoms with E-state index in [9.17, 15) is 0 Å². The molecule has 1 nitrogen and oxygen atoms in total. The smallest absolute Gasteiger partial charge is 0.00920 e. The lowest BCUT2D eigenvalue weighted by atomic mass is 10.0. The lowest BCUT2D eigenvalue weighted by Crippen LogP contribution is -2.13. The van der Waals surface area contributed by atoms with Crippen LogP contribution in [0.2, 0.25) is 0 Å². The molecule has 0 radical (unpaired) electrons. The molecule has 0 heterocycles. The van der Waals surface area contributed by atoms with Crippen molar-refractivity contribution in [2.45, 2.75) is 40.7 Å². The molecule has 1 N–H and O–H groups in total. The van der Waals surface area contributed by atoms with Crippen LogP contribution in [-0.2, 0) is 0 Å². The highest BCUT2D eigenvalue weighted by molar-refractivity contribution is 7.36. The van der Waals surface area contributed by atoms with Crippen LogP contribution in [0, 0.1) is 5.41 Å². The highest BCUT2D eigenvalue weighted by Crippen LogP contribution is 2.11. The number of hydrogen-bond donors (Lipinski definition) is 1. The van der Waals surface area contributed by atoms with E-state index in [1.807, 2.05) is 0 Å². The number of rotatable bonds is 2. The van der Waals surface area contributed by atoms with Crippen molar-refractivity contribution in [3.8, 4) is 0 Å². The second kappa shape index (κ2) is 4.10. The van der Waals surface area contributed by atoms with Crippen LogP contribution in [0.15, 0.2) is 0 Å². The van der Waals surface area contributed by atoms with Crippen LogP contribution in [0.5, 0.6) is 0 Å². The molecule has 0 aromatic heterocycles. The maximum absolute atomic E-state index is 3.32. The van der Waals surface area contributed by atoms with Crippen LogP contribution in [0.1, 0.15) is 34.6 Å². The largest absolute Gasteiger partial charge is 0.269 e. The fourth-order valence-electron chi connectivity index (χ4n) is 0.380. The van der Waals surface area contributed by atoms with Crippen molar-refractivity contribution in [2.24, 2.45) is 5.41 Å². The van der Waals surface area contributed by atoms with E-state index in [0.29, 0.717) is 11.5 Å². The first-order chi connectivity index (χ1) is 4.42. The zero-order chi connectivity index (χ0) is 8.20. The van der Waals surface area contributed by atoms with Gasteiger partial charge in [0, 0.05) is 6.04 Å². The number of nitrogens with one attached hydrogen (secondary N) is 1. The van der Waals surface area contributed by atoms with Crippen molar-refractivity contribution >= 4 is 14.2 Å². The van der Waals surface area contributed by atoms with Crippen LogP contribution < -0.4 is 5.09 Å². The average molecular weight is 159 g/mol. The molecule has 0 aliphatic carbocycles. The zero-order valence-electron chi connectivity index (χ0n) is 7.60. The third-order valence-electron chi connectivity index (χ3n) is 0.785. The Bertz CT molecular complexity index is 111. The topological polar surface area (TPSA) is 12.0 Å². The van der Waals surface area contributed by atoms with Crippen LogP contribution in [0.3, 0.4) is 0 Å². The average Bonchev–Trinajstić information content (AvgIpc) is 1.59. The van der Waals surface area contributed by atoms with Gasteiger partial charge in [-0.15, -0.1) is 0 Å². The molecule has 0 aromatic carbocycles. The van der Waals surface area contributed by atoms with Crippen LogP contribution in [0.4, 0.5) is 0 Å². The van der Waals surface area contributed by atoms with Gasteiger partial charge < -0.3 is 0 Å². The van der Waals surface area contributed by atoms with E-state index in [4.69, 9.17) is 0 Å². The molecule has 0 fully saturated rings. The van der Waals surface area contributed by atoms with Crippen LogP contribution in [-0.4, -0.2) is 11.8 Å². The third kappa shape index (κ3) is 8.13.